The normalized spacial score (nSPS) is 17.4. The molecule has 4 rings (SSSR count). The number of carbonyl (C=O) groups excluding carboxylic acids is 3. The van der Waals surface area contributed by atoms with Crippen molar-refractivity contribution in [3.8, 4) is 5.75 Å². The molecule has 0 atom stereocenters. The smallest absolute Gasteiger partial charge is 0.294 e. The Balaban J connectivity index is 1.45. The summed E-state index contributed by atoms with van der Waals surface area (Å²) in [4.78, 5) is 40.3. The van der Waals surface area contributed by atoms with Gasteiger partial charge in [-0.1, -0.05) is 46.9 Å². The molecule has 3 amide bonds. The van der Waals surface area contributed by atoms with Crippen molar-refractivity contribution < 1.29 is 19.1 Å². The molecule has 0 bridgehead atoms. The van der Waals surface area contributed by atoms with Crippen LogP contribution in [0.15, 0.2) is 41.3 Å². The van der Waals surface area contributed by atoms with Crippen LogP contribution in [0.1, 0.15) is 24.0 Å². The minimum Gasteiger partial charge on any atom is -0.486 e. The number of likely N-dealkylation sites (tertiary alicyclic amines) is 1. The Morgan fingerprint density at radius 3 is 2.30 bits per heavy atom. The van der Waals surface area contributed by atoms with E-state index in [0.29, 0.717) is 29.4 Å². The van der Waals surface area contributed by atoms with Crippen LogP contribution in [-0.2, 0) is 16.2 Å². The Morgan fingerprint density at radius 2 is 1.67 bits per heavy atom. The SMILES string of the molecule is O=C(CN1C(=O)S/C(=C/c2cc(Cl)c(OCc3ccc(Cl)cc3)c(Cl)c2)C1=O)N1CCCC1. The molecular weight excluding hydrogens is 507 g/mol. The monoisotopic (exact) mass is 524 g/mol. The van der Waals surface area contributed by atoms with Crippen molar-refractivity contribution >= 4 is 69.7 Å². The van der Waals surface area contributed by atoms with Gasteiger partial charge >= 0.3 is 0 Å². The third kappa shape index (κ3) is 5.66. The number of halogens is 3. The molecule has 172 valence electrons. The van der Waals surface area contributed by atoms with E-state index in [1.165, 1.54) is 6.08 Å². The first-order valence-corrected chi connectivity index (χ1v) is 12.2. The lowest BCUT2D eigenvalue weighted by Crippen LogP contribution is -2.40. The standard InChI is InChI=1S/C23H19Cl3N2O4S/c24-16-5-3-14(4-6-16)13-32-21-17(25)9-15(10-18(21)26)11-19-22(30)28(23(31)33-19)12-20(29)27-7-1-2-8-27/h3-6,9-11H,1-2,7-8,12-13H2/b19-11+. The second kappa shape index (κ2) is 10.4. The second-order valence-corrected chi connectivity index (χ2v) is 9.83. The molecule has 0 unspecified atom stereocenters. The van der Waals surface area contributed by atoms with Gasteiger partial charge in [-0.15, -0.1) is 0 Å². The minimum absolute atomic E-state index is 0.205. The van der Waals surface area contributed by atoms with E-state index < -0.39 is 11.1 Å². The number of hydrogen-bond acceptors (Lipinski definition) is 5. The molecular formula is C23H19Cl3N2O4S. The van der Waals surface area contributed by atoms with E-state index in [0.717, 1.165) is 35.1 Å². The third-order valence-corrected chi connectivity index (χ3v) is 6.96. The Hall–Kier alpha value is -2.19. The predicted molar refractivity (Wildman–Crippen MR) is 131 cm³/mol. The largest absolute Gasteiger partial charge is 0.486 e. The van der Waals surface area contributed by atoms with Crippen molar-refractivity contribution in [1.82, 2.24) is 9.80 Å². The Bertz CT molecular complexity index is 1110. The molecule has 10 heteroatoms. The van der Waals surface area contributed by atoms with Gasteiger partial charge in [0.25, 0.3) is 11.1 Å². The van der Waals surface area contributed by atoms with E-state index in [1.54, 1.807) is 29.2 Å². The van der Waals surface area contributed by atoms with Gasteiger partial charge in [-0.25, -0.2) is 0 Å². The average molecular weight is 526 g/mol. The summed E-state index contributed by atoms with van der Waals surface area (Å²) >= 11 is 19.4. The molecule has 2 aromatic carbocycles. The summed E-state index contributed by atoms with van der Waals surface area (Å²) in [6.07, 6.45) is 3.41. The van der Waals surface area contributed by atoms with E-state index >= 15 is 0 Å². The van der Waals surface area contributed by atoms with E-state index in [-0.39, 0.29) is 34.0 Å². The zero-order valence-corrected chi connectivity index (χ0v) is 20.4. The maximum absolute atomic E-state index is 12.7. The number of amides is 3. The van der Waals surface area contributed by atoms with Crippen molar-refractivity contribution in [2.24, 2.45) is 0 Å². The number of carbonyl (C=O) groups is 3. The highest BCUT2D eigenvalue weighted by Gasteiger charge is 2.37. The molecule has 6 nitrogen and oxygen atoms in total. The van der Waals surface area contributed by atoms with Gasteiger partial charge in [0.2, 0.25) is 5.91 Å². The summed E-state index contributed by atoms with van der Waals surface area (Å²) in [6, 6.07) is 10.4. The van der Waals surface area contributed by atoms with E-state index in [1.807, 2.05) is 12.1 Å². The Labute approximate surface area is 210 Å². The van der Waals surface area contributed by atoms with Crippen molar-refractivity contribution in [2.45, 2.75) is 19.4 Å². The van der Waals surface area contributed by atoms with Crippen molar-refractivity contribution in [2.75, 3.05) is 19.6 Å². The average Bonchev–Trinajstić information content (AvgIpc) is 3.39. The molecule has 2 fully saturated rings. The zero-order valence-electron chi connectivity index (χ0n) is 17.4. The van der Waals surface area contributed by atoms with Gasteiger partial charge in [0, 0.05) is 18.1 Å². The minimum atomic E-state index is -0.507. The fourth-order valence-corrected chi connectivity index (χ4v) is 5.10. The molecule has 0 saturated carbocycles. The first kappa shape index (κ1) is 24.0. The molecule has 0 spiro atoms. The molecule has 0 N–H and O–H groups in total. The van der Waals surface area contributed by atoms with Crippen molar-refractivity contribution in [1.29, 1.82) is 0 Å². The van der Waals surface area contributed by atoms with Crippen LogP contribution >= 0.6 is 46.6 Å². The summed E-state index contributed by atoms with van der Waals surface area (Å²) in [6.45, 7) is 1.32. The van der Waals surface area contributed by atoms with Gasteiger partial charge in [-0.3, -0.25) is 19.3 Å². The number of rotatable bonds is 6. The van der Waals surface area contributed by atoms with Crippen LogP contribution in [-0.4, -0.2) is 46.5 Å². The van der Waals surface area contributed by atoms with Gasteiger partial charge in [0.05, 0.1) is 15.0 Å². The number of ether oxygens (including phenoxy) is 1. The summed E-state index contributed by atoms with van der Waals surface area (Å²) in [5.41, 5.74) is 1.44. The van der Waals surface area contributed by atoms with Gasteiger partial charge in [-0.2, -0.15) is 0 Å². The summed E-state index contributed by atoms with van der Waals surface area (Å²) in [5, 5.41) is 0.695. The van der Waals surface area contributed by atoms with E-state index in [9.17, 15) is 14.4 Å². The van der Waals surface area contributed by atoms with Crippen LogP contribution in [0.3, 0.4) is 0 Å². The molecule has 2 aromatic rings. The molecule has 2 aliphatic heterocycles. The van der Waals surface area contributed by atoms with Crippen molar-refractivity contribution in [3.05, 3.63) is 67.5 Å². The van der Waals surface area contributed by atoms with Crippen LogP contribution in [0.4, 0.5) is 4.79 Å². The molecule has 33 heavy (non-hydrogen) atoms. The lowest BCUT2D eigenvalue weighted by atomic mass is 10.2. The Morgan fingerprint density at radius 1 is 1.03 bits per heavy atom. The first-order valence-electron chi connectivity index (χ1n) is 10.2. The van der Waals surface area contributed by atoms with Gasteiger partial charge in [0.15, 0.2) is 5.75 Å². The topological polar surface area (TPSA) is 66.9 Å². The lowest BCUT2D eigenvalue weighted by Gasteiger charge is -2.18. The van der Waals surface area contributed by atoms with E-state index in [4.69, 9.17) is 39.5 Å². The summed E-state index contributed by atoms with van der Waals surface area (Å²) in [5.74, 6) is -0.410. The van der Waals surface area contributed by atoms with Gasteiger partial charge < -0.3 is 9.64 Å². The van der Waals surface area contributed by atoms with E-state index in [2.05, 4.69) is 0 Å². The maximum Gasteiger partial charge on any atom is 0.294 e. The number of benzene rings is 2. The fourth-order valence-electron chi connectivity index (χ4n) is 3.53. The highest BCUT2D eigenvalue weighted by Crippen LogP contribution is 2.38. The predicted octanol–water partition coefficient (Wildman–Crippen LogP) is 5.88. The van der Waals surface area contributed by atoms with Crippen LogP contribution in [0.5, 0.6) is 5.75 Å². The summed E-state index contributed by atoms with van der Waals surface area (Å²) in [7, 11) is 0. The lowest BCUT2D eigenvalue weighted by molar-refractivity contribution is -0.135. The van der Waals surface area contributed by atoms with Crippen LogP contribution < -0.4 is 4.74 Å². The quantitative estimate of drug-likeness (QED) is 0.440. The molecule has 2 aliphatic rings. The zero-order chi connectivity index (χ0) is 23.5. The second-order valence-electron chi connectivity index (χ2n) is 7.58. The Kier molecular flexibility index (Phi) is 7.54. The van der Waals surface area contributed by atoms with Crippen molar-refractivity contribution in [3.63, 3.8) is 0 Å². The molecule has 2 saturated heterocycles. The maximum atomic E-state index is 12.7. The molecule has 0 radical (unpaired) electrons. The van der Waals surface area contributed by atoms with Crippen LogP contribution in [0, 0.1) is 0 Å². The number of thioether (sulfide) groups is 1. The summed E-state index contributed by atoms with van der Waals surface area (Å²) < 4.78 is 5.76. The highest BCUT2D eigenvalue weighted by atomic mass is 35.5. The first-order chi connectivity index (χ1) is 15.8. The highest BCUT2D eigenvalue weighted by molar-refractivity contribution is 8.18. The van der Waals surface area contributed by atoms with Crippen LogP contribution in [0.2, 0.25) is 15.1 Å². The molecule has 0 aliphatic carbocycles. The fraction of sp³-hybridized carbons (Fsp3) is 0.261. The van der Waals surface area contributed by atoms with Crippen LogP contribution in [0.25, 0.3) is 6.08 Å². The van der Waals surface area contributed by atoms with Gasteiger partial charge in [-0.05, 0) is 66.1 Å². The number of imide groups is 1. The molecule has 2 heterocycles. The third-order valence-electron chi connectivity index (χ3n) is 5.24. The number of hydrogen-bond donors (Lipinski definition) is 0. The number of nitrogens with zero attached hydrogens (tertiary/aromatic N) is 2. The molecule has 0 aromatic heterocycles. The van der Waals surface area contributed by atoms with Gasteiger partial charge in [0.1, 0.15) is 13.2 Å².